The average molecular weight is 389 g/mol. The third-order valence-electron chi connectivity index (χ3n) is 4.22. The van der Waals surface area contributed by atoms with Crippen molar-refractivity contribution >= 4 is 22.9 Å². The van der Waals surface area contributed by atoms with Crippen LogP contribution in [0.4, 0.5) is 31.7 Å². The van der Waals surface area contributed by atoms with Gasteiger partial charge in [0, 0.05) is 31.3 Å². The Labute approximate surface area is 158 Å². The smallest absolute Gasteiger partial charge is 0.271 e. The lowest BCUT2D eigenvalue weighted by Crippen LogP contribution is -2.04. The van der Waals surface area contributed by atoms with Gasteiger partial charge < -0.3 is 15.8 Å². The summed E-state index contributed by atoms with van der Waals surface area (Å²) >= 11 is 0. The molecule has 10 heteroatoms. The molecule has 0 saturated heterocycles. The second-order valence-electron chi connectivity index (χ2n) is 6.05. The van der Waals surface area contributed by atoms with Crippen LogP contribution >= 0.6 is 0 Å². The fourth-order valence-corrected chi connectivity index (χ4v) is 2.91. The summed E-state index contributed by atoms with van der Waals surface area (Å²) in [7, 11) is 2.91. The maximum atomic E-state index is 14.6. The van der Waals surface area contributed by atoms with Gasteiger partial charge in [-0.05, 0) is 13.0 Å². The van der Waals surface area contributed by atoms with E-state index in [1.165, 1.54) is 30.0 Å². The molecule has 0 saturated carbocycles. The van der Waals surface area contributed by atoms with Crippen LogP contribution in [-0.4, -0.2) is 21.8 Å². The standard InChI is InChI=1S/C18H17F2N5O3/c1-9-16(17-12(19)7-11(28-3)8-13(17)20)18(24(2)23-9)22-15-5-4-10(25(26)27)6-14(15)21/h4-8,22H,21H2,1-3H3. The summed E-state index contributed by atoms with van der Waals surface area (Å²) in [5, 5.41) is 18.1. The minimum Gasteiger partial charge on any atom is -0.497 e. The van der Waals surface area contributed by atoms with E-state index in [0.717, 1.165) is 12.1 Å². The Morgan fingerprint density at radius 1 is 1.21 bits per heavy atom. The van der Waals surface area contributed by atoms with E-state index in [1.807, 2.05) is 0 Å². The summed E-state index contributed by atoms with van der Waals surface area (Å²) in [5.74, 6) is -1.30. The molecule has 2 aromatic carbocycles. The molecule has 1 heterocycles. The number of nitrogens with one attached hydrogen (secondary N) is 1. The van der Waals surface area contributed by atoms with Crippen molar-refractivity contribution in [3.8, 4) is 16.9 Å². The molecule has 0 radical (unpaired) electrons. The van der Waals surface area contributed by atoms with Gasteiger partial charge >= 0.3 is 0 Å². The molecule has 28 heavy (non-hydrogen) atoms. The van der Waals surface area contributed by atoms with Gasteiger partial charge in [-0.15, -0.1) is 0 Å². The van der Waals surface area contributed by atoms with Gasteiger partial charge in [0.2, 0.25) is 0 Å². The van der Waals surface area contributed by atoms with Crippen LogP contribution in [0.5, 0.6) is 5.75 Å². The number of anilines is 3. The molecule has 0 amide bonds. The van der Waals surface area contributed by atoms with Gasteiger partial charge in [0.05, 0.1) is 40.2 Å². The van der Waals surface area contributed by atoms with Crippen LogP contribution in [-0.2, 0) is 7.05 Å². The quantitative estimate of drug-likeness (QED) is 0.389. The molecule has 1 aromatic heterocycles. The van der Waals surface area contributed by atoms with E-state index in [4.69, 9.17) is 10.5 Å². The number of benzene rings is 2. The van der Waals surface area contributed by atoms with Gasteiger partial charge in [-0.25, -0.2) is 8.78 Å². The Morgan fingerprint density at radius 3 is 2.39 bits per heavy atom. The van der Waals surface area contributed by atoms with Crippen LogP contribution < -0.4 is 15.8 Å². The number of nitrogens with two attached hydrogens (primary N) is 1. The first-order valence-electron chi connectivity index (χ1n) is 8.10. The molecule has 3 rings (SSSR count). The third kappa shape index (κ3) is 3.31. The average Bonchev–Trinajstić information content (AvgIpc) is 2.89. The molecule has 0 atom stereocenters. The highest BCUT2D eigenvalue weighted by Gasteiger charge is 2.23. The molecule has 0 fully saturated rings. The molecule has 8 nitrogen and oxygen atoms in total. The van der Waals surface area contributed by atoms with Crippen LogP contribution in [0.15, 0.2) is 30.3 Å². The Hall–Kier alpha value is -3.69. The Morgan fingerprint density at radius 2 is 1.86 bits per heavy atom. The first-order chi connectivity index (χ1) is 13.2. The van der Waals surface area contributed by atoms with Gasteiger partial charge in [-0.2, -0.15) is 5.10 Å². The molecule has 3 N–H and O–H groups in total. The van der Waals surface area contributed by atoms with Crippen LogP contribution in [0.2, 0.25) is 0 Å². The van der Waals surface area contributed by atoms with E-state index < -0.39 is 16.6 Å². The maximum absolute atomic E-state index is 14.6. The minimum absolute atomic E-state index is 0.0504. The van der Waals surface area contributed by atoms with E-state index in [2.05, 4.69) is 10.4 Å². The van der Waals surface area contributed by atoms with Crippen molar-refractivity contribution < 1.29 is 18.4 Å². The number of ether oxygens (including phenoxy) is 1. The van der Waals surface area contributed by atoms with Crippen molar-refractivity contribution in [1.29, 1.82) is 0 Å². The lowest BCUT2D eigenvalue weighted by atomic mass is 10.0. The first kappa shape index (κ1) is 19.1. The van der Waals surface area contributed by atoms with Gasteiger partial charge in [-0.3, -0.25) is 14.8 Å². The van der Waals surface area contributed by atoms with Gasteiger partial charge in [0.1, 0.15) is 23.2 Å². The number of nitrogens with zero attached hydrogens (tertiary/aromatic N) is 3. The predicted molar refractivity (Wildman–Crippen MR) is 101 cm³/mol. The predicted octanol–water partition coefficient (Wildman–Crippen LogP) is 3.92. The van der Waals surface area contributed by atoms with Crippen LogP contribution in [0.1, 0.15) is 5.69 Å². The zero-order chi connectivity index (χ0) is 20.6. The summed E-state index contributed by atoms with van der Waals surface area (Å²) in [6.45, 7) is 1.61. The SMILES string of the molecule is COc1cc(F)c(-c2c(C)nn(C)c2Nc2ccc([N+](=O)[O-])cc2N)c(F)c1. The number of rotatable bonds is 5. The van der Waals surface area contributed by atoms with E-state index in [1.54, 1.807) is 14.0 Å². The second kappa shape index (κ2) is 7.14. The highest BCUT2D eigenvalue weighted by atomic mass is 19.1. The Bertz CT molecular complexity index is 1060. The maximum Gasteiger partial charge on any atom is 0.271 e. The number of nitro benzene ring substituents is 1. The highest BCUT2D eigenvalue weighted by molar-refractivity contribution is 5.84. The highest BCUT2D eigenvalue weighted by Crippen LogP contribution is 2.39. The van der Waals surface area contributed by atoms with E-state index in [0.29, 0.717) is 11.4 Å². The zero-order valence-corrected chi connectivity index (χ0v) is 15.3. The summed E-state index contributed by atoms with van der Waals surface area (Å²) in [4.78, 5) is 10.3. The van der Waals surface area contributed by atoms with E-state index in [-0.39, 0.29) is 34.1 Å². The van der Waals surface area contributed by atoms with E-state index >= 15 is 0 Å². The van der Waals surface area contributed by atoms with Gasteiger partial charge in [0.25, 0.3) is 5.69 Å². The van der Waals surface area contributed by atoms with Gasteiger partial charge in [0.15, 0.2) is 0 Å². The topological polar surface area (TPSA) is 108 Å². The monoisotopic (exact) mass is 389 g/mol. The van der Waals surface area contributed by atoms with E-state index in [9.17, 15) is 18.9 Å². The van der Waals surface area contributed by atoms with Crippen molar-refractivity contribution in [3.05, 3.63) is 57.8 Å². The molecule has 0 aliphatic heterocycles. The normalized spacial score (nSPS) is 10.8. The Balaban J connectivity index is 2.12. The fourth-order valence-electron chi connectivity index (χ4n) is 2.91. The number of hydrogen-bond donors (Lipinski definition) is 2. The summed E-state index contributed by atoms with van der Waals surface area (Å²) in [6, 6.07) is 6.04. The Kier molecular flexibility index (Phi) is 4.87. The molecule has 0 spiro atoms. The van der Waals surface area contributed by atoms with Crippen molar-refractivity contribution in [1.82, 2.24) is 9.78 Å². The largest absolute Gasteiger partial charge is 0.497 e. The number of nitro groups is 1. The first-order valence-corrected chi connectivity index (χ1v) is 8.10. The molecule has 0 bridgehead atoms. The number of aromatic nitrogens is 2. The summed E-state index contributed by atoms with van der Waals surface area (Å²) in [5.41, 5.74) is 6.48. The van der Waals surface area contributed by atoms with Crippen LogP contribution in [0.3, 0.4) is 0 Å². The summed E-state index contributed by atoms with van der Waals surface area (Å²) < 4.78 is 35.6. The van der Waals surface area contributed by atoms with Crippen LogP contribution in [0, 0.1) is 28.7 Å². The van der Waals surface area contributed by atoms with Gasteiger partial charge in [-0.1, -0.05) is 0 Å². The number of halogens is 2. The summed E-state index contributed by atoms with van der Waals surface area (Å²) in [6.07, 6.45) is 0. The van der Waals surface area contributed by atoms with Crippen molar-refractivity contribution in [2.24, 2.45) is 7.05 Å². The number of non-ortho nitro benzene ring substituents is 1. The number of aryl methyl sites for hydroxylation is 2. The zero-order valence-electron chi connectivity index (χ0n) is 15.3. The fraction of sp³-hybridized carbons (Fsp3) is 0.167. The number of hydrogen-bond acceptors (Lipinski definition) is 6. The number of nitrogen functional groups attached to an aromatic ring is 1. The van der Waals surface area contributed by atoms with Crippen molar-refractivity contribution in [3.63, 3.8) is 0 Å². The lowest BCUT2D eigenvalue weighted by Gasteiger charge is -2.13. The molecule has 0 unspecified atom stereocenters. The van der Waals surface area contributed by atoms with Crippen molar-refractivity contribution in [2.45, 2.75) is 6.92 Å². The molecular weight excluding hydrogens is 372 g/mol. The van der Waals surface area contributed by atoms with Crippen molar-refractivity contribution in [2.75, 3.05) is 18.2 Å². The molecule has 0 aliphatic rings. The number of methoxy groups -OCH3 is 1. The molecule has 146 valence electrons. The third-order valence-corrected chi connectivity index (χ3v) is 4.22. The molecule has 3 aromatic rings. The lowest BCUT2D eigenvalue weighted by molar-refractivity contribution is -0.384. The van der Waals surface area contributed by atoms with Crippen LogP contribution in [0.25, 0.3) is 11.1 Å². The minimum atomic E-state index is -0.812. The second-order valence-corrected chi connectivity index (χ2v) is 6.05. The molecular formula is C18H17F2N5O3. The molecule has 0 aliphatic carbocycles.